The fourth-order valence-electron chi connectivity index (χ4n) is 0.326. The molecular weight excluding hydrogens is 134 g/mol. The zero-order chi connectivity index (χ0) is 9.70. The molecule has 0 heterocycles. The van der Waals surface area contributed by atoms with Crippen molar-refractivity contribution in [1.82, 2.24) is 0 Å². The van der Waals surface area contributed by atoms with Crippen LogP contribution in [0.5, 0.6) is 0 Å². The van der Waals surface area contributed by atoms with E-state index in [2.05, 4.69) is 13.8 Å². The zero-order valence-corrected chi connectivity index (χ0v) is 9.02. The van der Waals surface area contributed by atoms with Crippen LogP contribution in [0.15, 0.2) is 12.3 Å². The van der Waals surface area contributed by atoms with E-state index >= 15 is 0 Å². The molecule has 1 nitrogen and oxygen atoms in total. The van der Waals surface area contributed by atoms with Crippen molar-refractivity contribution in [2.75, 3.05) is 0 Å². The van der Waals surface area contributed by atoms with Gasteiger partial charge < -0.3 is 5.73 Å². The quantitative estimate of drug-likeness (QED) is 0.655. The van der Waals surface area contributed by atoms with Gasteiger partial charge in [-0.2, -0.15) is 0 Å². The van der Waals surface area contributed by atoms with E-state index in [1.165, 1.54) is 6.42 Å². The van der Waals surface area contributed by atoms with Crippen LogP contribution in [0.1, 0.15) is 48.0 Å². The lowest BCUT2D eigenvalue weighted by molar-refractivity contribution is 0.697. The van der Waals surface area contributed by atoms with Crippen molar-refractivity contribution >= 4 is 0 Å². The van der Waals surface area contributed by atoms with E-state index in [0.29, 0.717) is 5.92 Å². The van der Waals surface area contributed by atoms with Gasteiger partial charge in [0.15, 0.2) is 0 Å². The molecule has 0 saturated carbocycles. The molecule has 0 aliphatic heterocycles. The van der Waals surface area contributed by atoms with E-state index in [9.17, 15) is 0 Å². The average Bonchev–Trinajstić information content (AvgIpc) is 2.12. The molecule has 0 aliphatic carbocycles. The van der Waals surface area contributed by atoms with Crippen LogP contribution >= 0.6 is 0 Å². The first-order chi connectivity index (χ1) is 5.31. The van der Waals surface area contributed by atoms with Gasteiger partial charge in [0.05, 0.1) is 0 Å². The van der Waals surface area contributed by atoms with Crippen molar-refractivity contribution in [2.45, 2.75) is 48.0 Å². The van der Waals surface area contributed by atoms with Gasteiger partial charge in [0, 0.05) is 0 Å². The predicted molar refractivity (Wildman–Crippen MR) is 55.5 cm³/mol. The number of hydrogen-bond donors (Lipinski definition) is 1. The predicted octanol–water partition coefficient (Wildman–Crippen LogP) is 3.56. The van der Waals surface area contributed by atoms with E-state index in [1.807, 2.05) is 33.8 Å². The molecule has 0 aromatic carbocycles. The number of nitrogens with two attached hydrogens (primary N) is 1. The summed E-state index contributed by atoms with van der Waals surface area (Å²) in [7, 11) is 0. The molecule has 1 heteroatoms. The summed E-state index contributed by atoms with van der Waals surface area (Å²) >= 11 is 0. The maximum absolute atomic E-state index is 5.12. The van der Waals surface area contributed by atoms with E-state index in [-0.39, 0.29) is 0 Å². The Morgan fingerprint density at radius 3 is 1.64 bits per heavy atom. The lowest BCUT2D eigenvalue weighted by atomic mass is 10.1. The molecule has 0 saturated heterocycles. The summed E-state index contributed by atoms with van der Waals surface area (Å²) in [6, 6.07) is 0. The second-order valence-electron chi connectivity index (χ2n) is 1.77. The summed E-state index contributed by atoms with van der Waals surface area (Å²) in [6.07, 6.45) is 4.78. The smallest absolute Gasteiger partial charge is 0.0100 e. The molecule has 0 radical (unpaired) electrons. The normalized spacial score (nSPS) is 10.7. The molecule has 0 aliphatic rings. The van der Waals surface area contributed by atoms with Crippen LogP contribution in [-0.2, 0) is 0 Å². The maximum Gasteiger partial charge on any atom is -0.0100 e. The van der Waals surface area contributed by atoms with Gasteiger partial charge in [0.25, 0.3) is 0 Å². The topological polar surface area (TPSA) is 26.0 Å². The van der Waals surface area contributed by atoms with E-state index in [0.717, 1.165) is 0 Å². The minimum Gasteiger partial charge on any atom is -0.405 e. The van der Waals surface area contributed by atoms with Crippen molar-refractivity contribution < 1.29 is 0 Å². The van der Waals surface area contributed by atoms with Crippen LogP contribution < -0.4 is 5.73 Å². The highest BCUT2D eigenvalue weighted by molar-refractivity contribution is 4.80. The monoisotopic (exact) mass is 159 g/mol. The van der Waals surface area contributed by atoms with Crippen LogP contribution in [0.2, 0.25) is 0 Å². The van der Waals surface area contributed by atoms with Crippen LogP contribution in [-0.4, -0.2) is 0 Å². The molecule has 0 unspecified atom stereocenters. The van der Waals surface area contributed by atoms with Crippen molar-refractivity contribution in [2.24, 2.45) is 11.7 Å². The average molecular weight is 159 g/mol. The first-order valence-electron chi connectivity index (χ1n) is 4.69. The molecular formula is C10H25N. The molecule has 0 spiro atoms. The third-order valence-corrected chi connectivity index (χ3v) is 1.08. The summed E-state index contributed by atoms with van der Waals surface area (Å²) < 4.78 is 0. The third-order valence-electron chi connectivity index (χ3n) is 1.08. The summed E-state index contributed by atoms with van der Waals surface area (Å²) in [6.45, 7) is 12.3. The molecule has 0 fully saturated rings. The van der Waals surface area contributed by atoms with Gasteiger partial charge in [0.1, 0.15) is 0 Å². The van der Waals surface area contributed by atoms with Crippen LogP contribution in [0.4, 0.5) is 0 Å². The SMILES string of the molecule is CC.CC.CC[C@@H](C)/C=C\N. The minimum atomic E-state index is 0.644. The molecule has 0 amide bonds. The minimum absolute atomic E-state index is 0.644. The van der Waals surface area contributed by atoms with Crippen LogP contribution in [0.25, 0.3) is 0 Å². The van der Waals surface area contributed by atoms with Crippen LogP contribution in [0, 0.1) is 5.92 Å². The Morgan fingerprint density at radius 1 is 1.18 bits per heavy atom. The van der Waals surface area contributed by atoms with Crippen molar-refractivity contribution in [3.63, 3.8) is 0 Å². The Balaban J connectivity index is -0.000000138. The standard InChI is InChI=1S/C6H13N.2C2H6/c1-3-6(2)4-5-7;2*1-2/h4-6H,3,7H2,1-2H3;2*1-2H3/b5-4-;;/t6-;;/m1../s1. The highest BCUT2D eigenvalue weighted by atomic mass is 14.5. The highest BCUT2D eigenvalue weighted by Gasteiger charge is 1.86. The maximum atomic E-state index is 5.12. The zero-order valence-electron chi connectivity index (χ0n) is 9.02. The van der Waals surface area contributed by atoms with Crippen molar-refractivity contribution in [1.29, 1.82) is 0 Å². The van der Waals surface area contributed by atoms with Crippen molar-refractivity contribution in [3.8, 4) is 0 Å². The fraction of sp³-hybridized carbons (Fsp3) is 0.800. The third kappa shape index (κ3) is 26.3. The molecule has 0 bridgehead atoms. The second-order valence-corrected chi connectivity index (χ2v) is 1.77. The molecule has 1 atom stereocenters. The van der Waals surface area contributed by atoms with E-state index in [1.54, 1.807) is 6.20 Å². The van der Waals surface area contributed by atoms with E-state index in [4.69, 9.17) is 5.73 Å². The number of rotatable bonds is 2. The first-order valence-corrected chi connectivity index (χ1v) is 4.69. The summed E-state index contributed by atoms with van der Waals surface area (Å²) in [4.78, 5) is 0. The fourth-order valence-corrected chi connectivity index (χ4v) is 0.326. The Bertz CT molecular complexity index is 57.9. The Labute approximate surface area is 72.7 Å². The second kappa shape index (κ2) is 22.7. The Morgan fingerprint density at radius 2 is 1.55 bits per heavy atom. The largest absolute Gasteiger partial charge is 0.405 e. The van der Waals surface area contributed by atoms with Gasteiger partial charge in [-0.1, -0.05) is 54.0 Å². The molecule has 70 valence electrons. The number of allylic oxidation sites excluding steroid dienone is 1. The van der Waals surface area contributed by atoms with Gasteiger partial charge in [-0.25, -0.2) is 0 Å². The molecule has 0 aromatic rings. The Kier molecular flexibility index (Phi) is 34.8. The molecule has 11 heavy (non-hydrogen) atoms. The number of hydrogen-bond acceptors (Lipinski definition) is 1. The highest BCUT2D eigenvalue weighted by Crippen LogP contribution is 1.99. The van der Waals surface area contributed by atoms with Gasteiger partial charge in [-0.3, -0.25) is 0 Å². The van der Waals surface area contributed by atoms with Gasteiger partial charge in [0.2, 0.25) is 0 Å². The first kappa shape index (κ1) is 16.9. The summed E-state index contributed by atoms with van der Waals surface area (Å²) in [5, 5.41) is 0. The lowest BCUT2D eigenvalue weighted by Gasteiger charge is -1.95. The van der Waals surface area contributed by atoms with Crippen molar-refractivity contribution in [3.05, 3.63) is 12.3 Å². The van der Waals surface area contributed by atoms with Gasteiger partial charge >= 0.3 is 0 Å². The summed E-state index contributed by atoms with van der Waals surface area (Å²) in [5.74, 6) is 0.644. The lowest BCUT2D eigenvalue weighted by Crippen LogP contribution is -1.86. The molecule has 0 aromatic heterocycles. The van der Waals surface area contributed by atoms with Gasteiger partial charge in [-0.05, 0) is 12.1 Å². The van der Waals surface area contributed by atoms with Crippen LogP contribution in [0.3, 0.4) is 0 Å². The summed E-state index contributed by atoms with van der Waals surface area (Å²) in [5.41, 5.74) is 5.12. The Hall–Kier alpha value is -0.460. The van der Waals surface area contributed by atoms with Gasteiger partial charge in [-0.15, -0.1) is 0 Å². The molecule has 2 N–H and O–H groups in total. The molecule has 0 rings (SSSR count). The van der Waals surface area contributed by atoms with E-state index < -0.39 is 0 Å².